The second-order valence-electron chi connectivity index (χ2n) is 7.64. The van der Waals surface area contributed by atoms with Crippen molar-refractivity contribution in [3.8, 4) is 0 Å². The fourth-order valence-electron chi connectivity index (χ4n) is 3.86. The van der Waals surface area contributed by atoms with Crippen LogP contribution in [0.5, 0.6) is 0 Å². The first-order valence-corrected chi connectivity index (χ1v) is 10.3. The zero-order valence-electron chi connectivity index (χ0n) is 15.5. The number of hydrogen-bond acceptors (Lipinski definition) is 4. The number of nitrogens with two attached hydrogens (primary N) is 1. The van der Waals surface area contributed by atoms with Crippen molar-refractivity contribution < 1.29 is 9.59 Å². The lowest BCUT2D eigenvalue weighted by atomic mass is 9.95. The van der Waals surface area contributed by atoms with Crippen molar-refractivity contribution in [3.05, 3.63) is 52.6 Å². The fraction of sp³-hybridized carbons (Fsp3) is 0.381. The molecule has 1 aromatic heterocycles. The Morgan fingerprint density at radius 1 is 1.18 bits per heavy atom. The molecule has 0 bridgehead atoms. The molecule has 2 aliphatic rings. The number of anilines is 2. The van der Waals surface area contributed by atoms with Crippen LogP contribution in [0.4, 0.5) is 11.5 Å². The topological polar surface area (TPSA) is 88.3 Å². The van der Waals surface area contributed by atoms with Gasteiger partial charge in [0.05, 0.1) is 23.2 Å². The third-order valence-electron chi connectivity index (χ3n) is 5.73. The van der Waals surface area contributed by atoms with Crippen molar-refractivity contribution in [3.63, 3.8) is 0 Å². The molecular formula is C21H23BrN4O2. The largest absolute Gasteiger partial charge is 0.369 e. The number of hydrogen-bond donors (Lipinski definition) is 2. The molecule has 2 amide bonds. The zero-order chi connectivity index (χ0) is 19.7. The summed E-state index contributed by atoms with van der Waals surface area (Å²) >= 11 is 3.44. The quantitative estimate of drug-likeness (QED) is 0.743. The number of benzene rings is 1. The molecule has 6 nitrogen and oxygen atoms in total. The van der Waals surface area contributed by atoms with Crippen molar-refractivity contribution in [2.24, 2.45) is 11.7 Å². The summed E-state index contributed by atoms with van der Waals surface area (Å²) < 4.78 is 1.00. The van der Waals surface area contributed by atoms with Crippen LogP contribution in [0.15, 0.2) is 47.1 Å². The molecule has 1 unspecified atom stereocenters. The van der Waals surface area contributed by atoms with E-state index in [4.69, 9.17) is 5.73 Å². The molecule has 0 spiro atoms. The van der Waals surface area contributed by atoms with E-state index in [1.807, 2.05) is 36.4 Å². The highest BCUT2D eigenvalue weighted by molar-refractivity contribution is 9.10. The van der Waals surface area contributed by atoms with Crippen LogP contribution in [0.1, 0.15) is 31.2 Å². The Bertz CT molecular complexity index is 878. The summed E-state index contributed by atoms with van der Waals surface area (Å²) in [6.07, 6.45) is 5.14. The van der Waals surface area contributed by atoms with Gasteiger partial charge in [-0.3, -0.25) is 9.59 Å². The van der Waals surface area contributed by atoms with Gasteiger partial charge < -0.3 is 16.0 Å². The van der Waals surface area contributed by atoms with Crippen LogP contribution in [0.2, 0.25) is 0 Å². The van der Waals surface area contributed by atoms with Gasteiger partial charge in [0.25, 0.3) is 0 Å². The molecule has 1 saturated heterocycles. The normalized spacial score (nSPS) is 20.5. The van der Waals surface area contributed by atoms with Gasteiger partial charge in [-0.05, 0) is 55.5 Å². The van der Waals surface area contributed by atoms with E-state index in [0.29, 0.717) is 12.2 Å². The molecule has 2 aromatic rings. The third kappa shape index (κ3) is 3.76. The molecule has 1 saturated carbocycles. The first-order valence-electron chi connectivity index (χ1n) is 9.56. The Hall–Kier alpha value is -2.41. The Morgan fingerprint density at radius 2 is 1.93 bits per heavy atom. The molecule has 1 atom stereocenters. The van der Waals surface area contributed by atoms with E-state index in [1.54, 1.807) is 6.20 Å². The maximum atomic E-state index is 12.9. The van der Waals surface area contributed by atoms with Crippen LogP contribution >= 0.6 is 15.9 Å². The van der Waals surface area contributed by atoms with E-state index in [-0.39, 0.29) is 17.7 Å². The molecule has 3 N–H and O–H groups in total. The smallest absolute Gasteiger partial charge is 0.235 e. The Balaban J connectivity index is 1.43. The number of carbonyl (C=O) groups excluding carboxylic acids is 2. The van der Waals surface area contributed by atoms with E-state index in [2.05, 4.69) is 31.1 Å². The second-order valence-corrected chi connectivity index (χ2v) is 8.55. The van der Waals surface area contributed by atoms with Crippen LogP contribution < -0.4 is 16.0 Å². The van der Waals surface area contributed by atoms with Crippen molar-refractivity contribution in [2.45, 2.75) is 31.1 Å². The number of carbonyl (C=O) groups is 2. The van der Waals surface area contributed by atoms with Gasteiger partial charge in [0.1, 0.15) is 5.82 Å². The molecule has 2 heterocycles. The minimum atomic E-state index is -0.430. The number of halogens is 1. The van der Waals surface area contributed by atoms with E-state index in [1.165, 1.54) is 0 Å². The average molecular weight is 443 g/mol. The van der Waals surface area contributed by atoms with Gasteiger partial charge in [-0.15, -0.1) is 0 Å². The molecule has 146 valence electrons. The lowest BCUT2D eigenvalue weighted by Gasteiger charge is -2.32. The monoisotopic (exact) mass is 442 g/mol. The summed E-state index contributed by atoms with van der Waals surface area (Å²) in [7, 11) is 0. The summed E-state index contributed by atoms with van der Waals surface area (Å²) in [5.74, 6) is 0.431. The lowest BCUT2D eigenvalue weighted by molar-refractivity contribution is -0.122. The predicted molar refractivity (Wildman–Crippen MR) is 112 cm³/mol. The van der Waals surface area contributed by atoms with Gasteiger partial charge >= 0.3 is 0 Å². The summed E-state index contributed by atoms with van der Waals surface area (Å²) in [6.45, 7) is 1.45. The molecule has 2 fully saturated rings. The Kier molecular flexibility index (Phi) is 5.10. The van der Waals surface area contributed by atoms with Gasteiger partial charge in [-0.2, -0.15) is 0 Å². The van der Waals surface area contributed by atoms with Gasteiger partial charge in [-0.1, -0.05) is 28.1 Å². The van der Waals surface area contributed by atoms with E-state index in [0.717, 1.165) is 48.1 Å². The Morgan fingerprint density at radius 3 is 2.54 bits per heavy atom. The predicted octanol–water partition coefficient (Wildman–Crippen LogP) is 3.22. The molecule has 7 heteroatoms. The maximum Gasteiger partial charge on any atom is 0.235 e. The number of aromatic nitrogens is 1. The summed E-state index contributed by atoms with van der Waals surface area (Å²) in [4.78, 5) is 30.9. The van der Waals surface area contributed by atoms with Crippen LogP contribution in [0.25, 0.3) is 0 Å². The third-order valence-corrected chi connectivity index (χ3v) is 6.26. The SMILES string of the molecule is NC(=O)C1CCCN(c2ccc(NC(=O)C3(c4ccc(Br)cc4)CC3)cn2)C1. The molecular weight excluding hydrogens is 420 g/mol. The number of nitrogens with one attached hydrogen (secondary N) is 1. The summed E-state index contributed by atoms with van der Waals surface area (Å²) in [5.41, 5.74) is 6.75. The van der Waals surface area contributed by atoms with E-state index in [9.17, 15) is 9.59 Å². The van der Waals surface area contributed by atoms with Crippen molar-refractivity contribution in [1.82, 2.24) is 4.98 Å². The maximum absolute atomic E-state index is 12.9. The molecule has 1 aromatic carbocycles. The van der Waals surface area contributed by atoms with Crippen molar-refractivity contribution in [1.29, 1.82) is 0 Å². The molecule has 0 radical (unpaired) electrons. The zero-order valence-corrected chi connectivity index (χ0v) is 17.1. The first-order chi connectivity index (χ1) is 13.5. The van der Waals surface area contributed by atoms with Gasteiger partial charge in [0, 0.05) is 17.6 Å². The van der Waals surface area contributed by atoms with Crippen LogP contribution in [0.3, 0.4) is 0 Å². The average Bonchev–Trinajstić information content (AvgIpc) is 3.51. The van der Waals surface area contributed by atoms with Crippen molar-refractivity contribution >= 4 is 39.2 Å². The molecule has 4 rings (SSSR count). The number of nitrogens with zero attached hydrogens (tertiary/aromatic N) is 2. The minimum Gasteiger partial charge on any atom is -0.369 e. The van der Waals surface area contributed by atoms with E-state index < -0.39 is 5.41 Å². The second kappa shape index (κ2) is 7.54. The van der Waals surface area contributed by atoms with Crippen LogP contribution in [-0.4, -0.2) is 29.9 Å². The molecule has 1 aliphatic heterocycles. The molecule has 1 aliphatic carbocycles. The van der Waals surface area contributed by atoms with Gasteiger partial charge in [-0.25, -0.2) is 4.98 Å². The number of pyridine rings is 1. The fourth-order valence-corrected chi connectivity index (χ4v) is 4.12. The number of amides is 2. The number of rotatable bonds is 5. The molecule has 28 heavy (non-hydrogen) atoms. The highest BCUT2D eigenvalue weighted by Gasteiger charge is 2.51. The van der Waals surface area contributed by atoms with Crippen molar-refractivity contribution in [2.75, 3.05) is 23.3 Å². The summed E-state index contributed by atoms with van der Waals surface area (Å²) in [6, 6.07) is 11.7. The van der Waals surface area contributed by atoms with Crippen LogP contribution in [0, 0.1) is 5.92 Å². The highest BCUT2D eigenvalue weighted by atomic mass is 79.9. The minimum absolute atomic E-state index is 0.0103. The summed E-state index contributed by atoms with van der Waals surface area (Å²) in [5, 5.41) is 3.01. The van der Waals surface area contributed by atoms with Gasteiger partial charge in [0.2, 0.25) is 11.8 Å². The van der Waals surface area contributed by atoms with E-state index >= 15 is 0 Å². The number of piperidine rings is 1. The van der Waals surface area contributed by atoms with Crippen LogP contribution in [-0.2, 0) is 15.0 Å². The standard InChI is InChI=1S/C21H23BrN4O2/c22-16-5-3-15(4-6-16)21(9-10-21)20(28)25-17-7-8-18(24-12-17)26-11-1-2-14(13-26)19(23)27/h3-8,12,14H,1-2,9-11,13H2,(H2,23,27)(H,25,28). The highest BCUT2D eigenvalue weighted by Crippen LogP contribution is 2.49. The first kappa shape index (κ1) is 18.9. The lowest BCUT2D eigenvalue weighted by Crippen LogP contribution is -2.41. The Labute approximate surface area is 172 Å². The number of primary amides is 1. The van der Waals surface area contributed by atoms with Gasteiger partial charge in [0.15, 0.2) is 0 Å².